The fraction of sp³-hybridized carbons (Fsp3) is 0.400. The Balaban J connectivity index is 1.65. The number of benzene rings is 1. The summed E-state index contributed by atoms with van der Waals surface area (Å²) in [5.41, 5.74) is -0.259. The number of rotatable bonds is 7. The molecule has 12 heteroatoms. The Morgan fingerprint density at radius 1 is 1.15 bits per heavy atom. The minimum absolute atomic E-state index is 0.410. The number of anilines is 1. The number of hydrogen-bond donors (Lipinski definition) is 1. The van der Waals surface area contributed by atoms with Gasteiger partial charge in [-0.1, -0.05) is 36.9 Å². The second-order valence-corrected chi connectivity index (χ2v) is 8.19. The first kappa shape index (κ1) is 19.5. The molecule has 0 spiro atoms. The summed E-state index contributed by atoms with van der Waals surface area (Å²) in [6.07, 6.45) is -4.38. The van der Waals surface area contributed by atoms with Crippen LogP contribution in [0.3, 0.4) is 0 Å². The molecule has 27 heavy (non-hydrogen) atoms. The Morgan fingerprint density at radius 3 is 2.56 bits per heavy atom. The molecular formula is C15H16F3N7S2. The van der Waals surface area contributed by atoms with E-state index in [9.17, 15) is 13.2 Å². The molecule has 0 fully saturated rings. The molecule has 0 atom stereocenters. The highest BCUT2D eigenvalue weighted by molar-refractivity contribution is 8.00. The number of tetrazole rings is 1. The Labute approximate surface area is 161 Å². The lowest BCUT2D eigenvalue weighted by atomic mass is 10.2. The van der Waals surface area contributed by atoms with Crippen LogP contribution in [0.5, 0.6) is 0 Å². The molecule has 1 aromatic carbocycles. The molecule has 0 aliphatic heterocycles. The van der Waals surface area contributed by atoms with Gasteiger partial charge < -0.3 is 5.32 Å². The van der Waals surface area contributed by atoms with Crippen molar-refractivity contribution >= 4 is 28.2 Å². The van der Waals surface area contributed by atoms with Crippen molar-refractivity contribution < 1.29 is 13.2 Å². The molecule has 3 aromatic rings. The largest absolute Gasteiger partial charge is 0.416 e. The molecule has 0 amide bonds. The predicted octanol–water partition coefficient (Wildman–Crippen LogP) is 3.89. The van der Waals surface area contributed by atoms with E-state index in [1.54, 1.807) is 0 Å². The molecule has 0 unspecified atom stereocenters. The van der Waals surface area contributed by atoms with Gasteiger partial charge >= 0.3 is 6.18 Å². The van der Waals surface area contributed by atoms with Crippen LogP contribution in [0.25, 0.3) is 5.69 Å². The van der Waals surface area contributed by atoms with E-state index in [2.05, 4.69) is 44.9 Å². The van der Waals surface area contributed by atoms with Gasteiger partial charge in [-0.3, -0.25) is 0 Å². The Hall–Kier alpha value is -2.21. The number of hydrogen-bond acceptors (Lipinski definition) is 8. The molecule has 0 saturated carbocycles. The van der Waals surface area contributed by atoms with Gasteiger partial charge in [-0.05, 0) is 40.6 Å². The van der Waals surface area contributed by atoms with E-state index < -0.39 is 11.7 Å². The van der Waals surface area contributed by atoms with Crippen LogP contribution in [0.4, 0.5) is 18.3 Å². The molecule has 3 rings (SSSR count). The monoisotopic (exact) mass is 415 g/mol. The van der Waals surface area contributed by atoms with Crippen molar-refractivity contribution in [1.82, 2.24) is 30.4 Å². The molecule has 0 aliphatic carbocycles. The maximum Gasteiger partial charge on any atom is 0.416 e. The Bertz CT molecular complexity index is 874. The number of halogens is 3. The van der Waals surface area contributed by atoms with Crippen LogP contribution in [0.15, 0.2) is 28.6 Å². The highest BCUT2D eigenvalue weighted by atomic mass is 32.2. The number of thioether (sulfide) groups is 1. The van der Waals surface area contributed by atoms with Gasteiger partial charge in [0.2, 0.25) is 5.13 Å². The van der Waals surface area contributed by atoms with Crippen molar-refractivity contribution in [3.63, 3.8) is 0 Å². The van der Waals surface area contributed by atoms with Gasteiger partial charge in [0, 0.05) is 6.54 Å². The molecule has 144 valence electrons. The second-order valence-electron chi connectivity index (χ2n) is 5.99. The van der Waals surface area contributed by atoms with Gasteiger partial charge in [-0.25, -0.2) is 0 Å². The van der Waals surface area contributed by atoms with E-state index in [0.717, 1.165) is 28.1 Å². The summed E-state index contributed by atoms with van der Waals surface area (Å²) in [6, 6.07) is 4.69. The fourth-order valence-electron chi connectivity index (χ4n) is 2.05. The normalized spacial score (nSPS) is 11.9. The fourth-order valence-corrected chi connectivity index (χ4v) is 3.71. The van der Waals surface area contributed by atoms with Gasteiger partial charge in [0.1, 0.15) is 0 Å². The molecular weight excluding hydrogens is 399 g/mol. The van der Waals surface area contributed by atoms with E-state index in [0.29, 0.717) is 23.2 Å². The zero-order valence-corrected chi connectivity index (χ0v) is 16.1. The van der Waals surface area contributed by atoms with Gasteiger partial charge in [0.25, 0.3) is 0 Å². The molecule has 1 N–H and O–H groups in total. The number of alkyl halides is 3. The third-order valence-corrected chi connectivity index (χ3v) is 5.38. The van der Waals surface area contributed by atoms with Crippen molar-refractivity contribution in [3.05, 3.63) is 35.7 Å². The predicted molar refractivity (Wildman–Crippen MR) is 97.0 cm³/mol. The van der Waals surface area contributed by atoms with E-state index in [1.807, 2.05) is 0 Å². The van der Waals surface area contributed by atoms with Gasteiger partial charge in [-0.2, -0.15) is 17.9 Å². The van der Waals surface area contributed by atoms with Crippen molar-refractivity contribution in [2.24, 2.45) is 5.92 Å². The van der Waals surface area contributed by atoms with Gasteiger partial charge in [0.15, 0.2) is 10.2 Å². The first-order chi connectivity index (χ1) is 12.8. The maximum atomic E-state index is 12.7. The summed E-state index contributed by atoms with van der Waals surface area (Å²) in [4.78, 5) is 0. The van der Waals surface area contributed by atoms with Crippen molar-refractivity contribution in [2.75, 3.05) is 11.9 Å². The van der Waals surface area contributed by atoms with E-state index in [1.165, 1.54) is 39.9 Å². The molecule has 2 aromatic heterocycles. The van der Waals surface area contributed by atoms with Gasteiger partial charge in [0.05, 0.1) is 17.0 Å². The van der Waals surface area contributed by atoms with Crippen molar-refractivity contribution in [2.45, 2.75) is 30.1 Å². The van der Waals surface area contributed by atoms with E-state index in [-0.39, 0.29) is 0 Å². The van der Waals surface area contributed by atoms with Gasteiger partial charge in [-0.15, -0.1) is 15.3 Å². The topological polar surface area (TPSA) is 81.4 Å². The molecule has 2 heterocycles. The zero-order chi connectivity index (χ0) is 19.4. The second kappa shape index (κ2) is 8.21. The van der Waals surface area contributed by atoms with Crippen LogP contribution in [-0.4, -0.2) is 36.9 Å². The van der Waals surface area contributed by atoms with Crippen LogP contribution in [0, 0.1) is 5.92 Å². The lowest BCUT2D eigenvalue weighted by molar-refractivity contribution is -0.137. The first-order valence-electron chi connectivity index (χ1n) is 7.98. The van der Waals surface area contributed by atoms with Crippen LogP contribution in [-0.2, 0) is 11.9 Å². The smallest absolute Gasteiger partial charge is 0.360 e. The summed E-state index contributed by atoms with van der Waals surface area (Å²) in [6.45, 7) is 5.01. The third kappa shape index (κ3) is 5.16. The van der Waals surface area contributed by atoms with Crippen LogP contribution >= 0.6 is 23.1 Å². The number of aromatic nitrogens is 6. The Morgan fingerprint density at radius 2 is 1.89 bits per heavy atom. The first-order valence-corrected chi connectivity index (χ1v) is 9.78. The summed E-state index contributed by atoms with van der Waals surface area (Å²) in [7, 11) is 0. The maximum absolute atomic E-state index is 12.7. The molecule has 0 aliphatic rings. The quantitative estimate of drug-likeness (QED) is 0.586. The molecule has 0 radical (unpaired) electrons. The minimum atomic E-state index is -4.38. The molecule has 0 bridgehead atoms. The minimum Gasteiger partial charge on any atom is -0.360 e. The molecule has 0 saturated heterocycles. The average Bonchev–Trinajstić information content (AvgIpc) is 3.26. The van der Waals surface area contributed by atoms with E-state index >= 15 is 0 Å². The SMILES string of the molecule is CC(C)CNc1nnc(SCc2nnnn2-c2ccc(C(F)(F)F)cc2)s1. The standard InChI is InChI=1S/C15H16F3N7S2/c1-9(2)7-19-13-21-22-14(27-13)26-8-12-20-23-24-25(12)11-5-3-10(4-6-11)15(16,17)18/h3-6,9H,7-8H2,1-2H3,(H,19,21). The van der Waals surface area contributed by atoms with Crippen LogP contribution in [0.1, 0.15) is 25.2 Å². The molecule has 7 nitrogen and oxygen atoms in total. The summed E-state index contributed by atoms with van der Waals surface area (Å²) in [5.74, 6) is 1.41. The highest BCUT2D eigenvalue weighted by Crippen LogP contribution is 2.30. The summed E-state index contributed by atoms with van der Waals surface area (Å²) in [5, 5.41) is 23.5. The summed E-state index contributed by atoms with van der Waals surface area (Å²) < 4.78 is 40.2. The number of nitrogens with zero attached hydrogens (tertiary/aromatic N) is 6. The highest BCUT2D eigenvalue weighted by Gasteiger charge is 2.30. The zero-order valence-electron chi connectivity index (χ0n) is 14.4. The van der Waals surface area contributed by atoms with Crippen molar-refractivity contribution in [1.29, 1.82) is 0 Å². The van der Waals surface area contributed by atoms with Crippen LogP contribution < -0.4 is 5.32 Å². The van der Waals surface area contributed by atoms with E-state index in [4.69, 9.17) is 0 Å². The summed E-state index contributed by atoms with van der Waals surface area (Å²) >= 11 is 2.84. The van der Waals surface area contributed by atoms with Crippen molar-refractivity contribution in [3.8, 4) is 5.69 Å². The lowest BCUT2D eigenvalue weighted by Crippen LogP contribution is -2.07. The van der Waals surface area contributed by atoms with Crippen LogP contribution in [0.2, 0.25) is 0 Å². The third-order valence-electron chi connectivity index (χ3n) is 3.37. The number of nitrogens with one attached hydrogen (secondary N) is 1. The Kier molecular flexibility index (Phi) is 5.95. The lowest BCUT2D eigenvalue weighted by Gasteiger charge is -2.08. The average molecular weight is 415 g/mol.